The molecular weight excluding hydrogens is 370 g/mol. The molecular formula is C15H14ClN3O5S. The van der Waals surface area contributed by atoms with Crippen LogP contribution < -0.4 is 10.6 Å². The van der Waals surface area contributed by atoms with Gasteiger partial charge in [0.15, 0.2) is 9.84 Å². The van der Waals surface area contributed by atoms with Crippen LogP contribution in [0, 0.1) is 10.1 Å². The number of benzene rings is 2. The van der Waals surface area contributed by atoms with Crippen LogP contribution in [-0.2, 0) is 14.6 Å². The lowest BCUT2D eigenvalue weighted by Crippen LogP contribution is -2.22. The van der Waals surface area contributed by atoms with Crippen molar-refractivity contribution in [2.24, 2.45) is 0 Å². The minimum absolute atomic E-state index is 0.0563. The van der Waals surface area contributed by atoms with Gasteiger partial charge in [0.25, 0.3) is 0 Å². The quantitative estimate of drug-likeness (QED) is 0.584. The van der Waals surface area contributed by atoms with Gasteiger partial charge in [0.2, 0.25) is 5.91 Å². The molecule has 0 radical (unpaired) electrons. The smallest absolute Gasteiger partial charge is 0.310 e. The second kappa shape index (κ2) is 7.49. The molecule has 0 aliphatic heterocycles. The first-order valence-electron chi connectivity index (χ1n) is 6.95. The second-order valence-corrected chi connectivity index (χ2v) is 7.51. The van der Waals surface area contributed by atoms with Gasteiger partial charge in [-0.05, 0) is 36.4 Å². The Balaban J connectivity index is 2.16. The van der Waals surface area contributed by atoms with Gasteiger partial charge in [0, 0.05) is 17.0 Å². The van der Waals surface area contributed by atoms with Crippen molar-refractivity contribution in [3.8, 4) is 0 Å². The van der Waals surface area contributed by atoms with E-state index in [1.165, 1.54) is 12.1 Å². The largest absolute Gasteiger partial charge is 0.371 e. The van der Waals surface area contributed by atoms with Crippen LogP contribution in [0.2, 0.25) is 5.02 Å². The van der Waals surface area contributed by atoms with E-state index < -0.39 is 31.3 Å². The zero-order valence-corrected chi connectivity index (χ0v) is 14.6. The fourth-order valence-corrected chi connectivity index (χ4v) is 3.05. The number of carbonyl (C=O) groups excluding carboxylic acids is 1. The first-order chi connectivity index (χ1) is 11.7. The zero-order valence-electron chi connectivity index (χ0n) is 13.0. The van der Waals surface area contributed by atoms with Crippen LogP contribution in [-0.4, -0.2) is 32.0 Å². The normalized spacial score (nSPS) is 11.0. The summed E-state index contributed by atoms with van der Waals surface area (Å²) < 4.78 is 23.4. The van der Waals surface area contributed by atoms with Crippen LogP contribution >= 0.6 is 11.6 Å². The Morgan fingerprint density at radius 3 is 2.40 bits per heavy atom. The molecule has 0 atom stereocenters. The van der Waals surface area contributed by atoms with E-state index in [9.17, 15) is 23.3 Å². The monoisotopic (exact) mass is 383 g/mol. The summed E-state index contributed by atoms with van der Waals surface area (Å²) in [7, 11) is -3.79. The van der Waals surface area contributed by atoms with Crippen LogP contribution in [0.15, 0.2) is 47.4 Å². The standard InChI is InChI=1S/C15H14ClN3O5S/c1-25(23,24)13-4-2-3-12(15(13)19(21)22)17-9-14(20)18-11-7-5-10(16)6-8-11/h2-8,17H,9H2,1H3,(H,18,20). The van der Waals surface area contributed by atoms with Gasteiger partial charge in [-0.1, -0.05) is 17.7 Å². The van der Waals surface area contributed by atoms with E-state index in [4.69, 9.17) is 11.6 Å². The lowest BCUT2D eigenvalue weighted by molar-refractivity contribution is -0.386. The maximum Gasteiger partial charge on any atom is 0.310 e. The maximum absolute atomic E-state index is 11.9. The number of nitro benzene ring substituents is 1. The predicted octanol–water partition coefficient (Wildman–Crippen LogP) is 2.70. The SMILES string of the molecule is CS(=O)(=O)c1cccc(NCC(=O)Nc2ccc(Cl)cc2)c1[N+](=O)[O-]. The summed E-state index contributed by atoms with van der Waals surface area (Å²) in [5.74, 6) is -0.457. The second-order valence-electron chi connectivity index (χ2n) is 5.09. The molecule has 0 aliphatic carbocycles. The van der Waals surface area contributed by atoms with Crippen molar-refractivity contribution in [3.63, 3.8) is 0 Å². The van der Waals surface area contributed by atoms with Crippen molar-refractivity contribution in [2.75, 3.05) is 23.4 Å². The lowest BCUT2D eigenvalue weighted by atomic mass is 10.2. The fourth-order valence-electron chi connectivity index (χ4n) is 2.07. The van der Waals surface area contributed by atoms with Crippen molar-refractivity contribution in [2.45, 2.75) is 4.90 Å². The topological polar surface area (TPSA) is 118 Å². The van der Waals surface area contributed by atoms with Crippen LogP contribution in [0.4, 0.5) is 17.1 Å². The summed E-state index contributed by atoms with van der Waals surface area (Å²) >= 11 is 5.75. The summed E-state index contributed by atoms with van der Waals surface area (Å²) in [6.45, 7) is -0.281. The number of anilines is 2. The van der Waals surface area contributed by atoms with Crippen molar-refractivity contribution in [1.82, 2.24) is 0 Å². The molecule has 2 aromatic rings. The highest BCUT2D eigenvalue weighted by Gasteiger charge is 2.26. The van der Waals surface area contributed by atoms with Gasteiger partial charge in [0.05, 0.1) is 11.5 Å². The number of halogens is 1. The molecule has 2 N–H and O–H groups in total. The molecule has 10 heteroatoms. The zero-order chi connectivity index (χ0) is 18.6. The van der Waals surface area contributed by atoms with Gasteiger partial charge in [0.1, 0.15) is 10.6 Å². The number of hydrogen-bond donors (Lipinski definition) is 2. The number of hydrogen-bond acceptors (Lipinski definition) is 6. The molecule has 132 valence electrons. The number of nitrogens with zero attached hydrogens (tertiary/aromatic N) is 1. The summed E-state index contributed by atoms with van der Waals surface area (Å²) in [6.07, 6.45) is 0.881. The van der Waals surface area contributed by atoms with Crippen molar-refractivity contribution in [3.05, 3.63) is 57.6 Å². The number of nitro groups is 1. The van der Waals surface area contributed by atoms with Crippen molar-refractivity contribution < 1.29 is 18.1 Å². The van der Waals surface area contributed by atoms with Crippen LogP contribution in [0.5, 0.6) is 0 Å². The number of amides is 1. The van der Waals surface area contributed by atoms with Crippen LogP contribution in [0.1, 0.15) is 0 Å². The number of carbonyl (C=O) groups is 1. The van der Waals surface area contributed by atoms with Gasteiger partial charge < -0.3 is 10.6 Å². The van der Waals surface area contributed by atoms with Gasteiger partial charge in [-0.15, -0.1) is 0 Å². The van der Waals surface area contributed by atoms with Crippen LogP contribution in [0.3, 0.4) is 0 Å². The van der Waals surface area contributed by atoms with Crippen molar-refractivity contribution in [1.29, 1.82) is 0 Å². The third kappa shape index (κ3) is 4.91. The van der Waals surface area contributed by atoms with E-state index in [0.717, 1.165) is 12.3 Å². The molecule has 8 nitrogen and oxygen atoms in total. The Morgan fingerprint density at radius 1 is 1.20 bits per heavy atom. The van der Waals surface area contributed by atoms with Crippen molar-refractivity contribution >= 4 is 44.4 Å². The minimum atomic E-state index is -3.79. The Morgan fingerprint density at radius 2 is 1.84 bits per heavy atom. The lowest BCUT2D eigenvalue weighted by Gasteiger charge is -2.10. The highest BCUT2D eigenvalue weighted by atomic mass is 35.5. The van der Waals surface area contributed by atoms with E-state index in [2.05, 4.69) is 10.6 Å². The molecule has 0 saturated heterocycles. The number of nitrogens with one attached hydrogen (secondary N) is 2. The number of para-hydroxylation sites is 1. The van der Waals surface area contributed by atoms with E-state index in [-0.39, 0.29) is 12.2 Å². The van der Waals surface area contributed by atoms with Gasteiger partial charge in [-0.25, -0.2) is 8.42 Å². The molecule has 0 bridgehead atoms. The molecule has 0 fully saturated rings. The molecule has 0 saturated carbocycles. The van der Waals surface area contributed by atoms with E-state index in [1.807, 2.05) is 0 Å². The summed E-state index contributed by atoms with van der Waals surface area (Å²) in [5.41, 5.74) is -0.140. The van der Waals surface area contributed by atoms with E-state index in [0.29, 0.717) is 10.7 Å². The predicted molar refractivity (Wildman–Crippen MR) is 94.8 cm³/mol. The number of rotatable bonds is 6. The van der Waals surface area contributed by atoms with Gasteiger partial charge in [-0.2, -0.15) is 0 Å². The van der Waals surface area contributed by atoms with Gasteiger partial charge in [-0.3, -0.25) is 14.9 Å². The fraction of sp³-hybridized carbons (Fsp3) is 0.133. The van der Waals surface area contributed by atoms with Crippen LogP contribution in [0.25, 0.3) is 0 Å². The summed E-state index contributed by atoms with van der Waals surface area (Å²) in [5, 5.41) is 16.9. The average molecular weight is 384 g/mol. The van der Waals surface area contributed by atoms with E-state index >= 15 is 0 Å². The molecule has 0 spiro atoms. The number of sulfone groups is 1. The van der Waals surface area contributed by atoms with Gasteiger partial charge >= 0.3 is 5.69 Å². The molecule has 25 heavy (non-hydrogen) atoms. The third-order valence-electron chi connectivity index (χ3n) is 3.15. The molecule has 1 amide bonds. The highest BCUT2D eigenvalue weighted by molar-refractivity contribution is 7.90. The molecule has 0 unspecified atom stereocenters. The Bertz CT molecular complexity index is 913. The first kappa shape index (κ1) is 18.7. The minimum Gasteiger partial charge on any atom is -0.371 e. The first-order valence-corrected chi connectivity index (χ1v) is 9.22. The molecule has 0 aliphatic rings. The maximum atomic E-state index is 11.9. The average Bonchev–Trinajstić information content (AvgIpc) is 2.53. The molecule has 0 heterocycles. The summed E-state index contributed by atoms with van der Waals surface area (Å²) in [6, 6.07) is 10.3. The Hall–Kier alpha value is -2.65. The highest BCUT2D eigenvalue weighted by Crippen LogP contribution is 2.31. The summed E-state index contributed by atoms with van der Waals surface area (Å²) in [4.78, 5) is 22.0. The Labute approximate surface area is 148 Å². The Kier molecular flexibility index (Phi) is 5.60. The molecule has 0 aromatic heterocycles. The van der Waals surface area contributed by atoms with E-state index in [1.54, 1.807) is 24.3 Å². The molecule has 2 aromatic carbocycles. The molecule has 2 rings (SSSR count). The third-order valence-corrected chi connectivity index (χ3v) is 4.53.